The van der Waals surface area contributed by atoms with Crippen molar-refractivity contribution in [2.24, 2.45) is 5.73 Å². The molecule has 0 heterocycles. The number of rotatable bonds is 3. The van der Waals surface area contributed by atoms with Crippen molar-refractivity contribution in [1.82, 2.24) is 5.32 Å². The number of hydrogen-bond acceptors (Lipinski definition) is 3. The second kappa shape index (κ2) is 6.58. The first-order valence-corrected chi connectivity index (χ1v) is 3.95. The fraction of sp³-hybridized carbons (Fsp3) is 0.111. The van der Waals surface area contributed by atoms with Gasteiger partial charge in [0.05, 0.1) is 0 Å². The van der Waals surface area contributed by atoms with Gasteiger partial charge >= 0.3 is 5.97 Å². The summed E-state index contributed by atoms with van der Waals surface area (Å²) in [5.74, 6) is -1.77. The Labute approximate surface area is 109 Å². The number of nitrogens with two attached hydrogens (primary N) is 1. The zero-order chi connectivity index (χ0) is 10.6. The van der Waals surface area contributed by atoms with E-state index in [1.165, 1.54) is 0 Å². The quantitative estimate of drug-likeness (QED) is 0.466. The summed E-state index contributed by atoms with van der Waals surface area (Å²) in [7, 11) is 0. The largest absolute Gasteiger partial charge is 0.479 e. The molecule has 1 aromatic rings. The fourth-order valence-electron chi connectivity index (χ4n) is 0.876. The van der Waals surface area contributed by atoms with E-state index in [1.54, 1.807) is 30.3 Å². The van der Waals surface area contributed by atoms with Crippen LogP contribution in [0.3, 0.4) is 0 Å². The summed E-state index contributed by atoms with van der Waals surface area (Å²) in [5.41, 5.74) is 5.50. The minimum Gasteiger partial charge on any atom is -0.479 e. The number of carbonyl (C=O) groups is 2. The Morgan fingerprint density at radius 1 is 1.27 bits per heavy atom. The Balaban J connectivity index is 0.00000196. The molecule has 0 aliphatic rings. The Morgan fingerprint density at radius 3 is 2.27 bits per heavy atom. The molecule has 4 N–H and O–H groups in total. The first-order chi connectivity index (χ1) is 6.61. The van der Waals surface area contributed by atoms with Crippen molar-refractivity contribution in [2.75, 3.05) is 0 Å². The predicted octanol–water partition coefficient (Wildman–Crippen LogP) is -0.595. The van der Waals surface area contributed by atoms with Gasteiger partial charge in [0.15, 0.2) is 6.17 Å². The third-order valence-electron chi connectivity index (χ3n) is 1.59. The van der Waals surface area contributed by atoms with Gasteiger partial charge in [-0.2, -0.15) is 0 Å². The molecule has 0 saturated carbocycles. The summed E-state index contributed by atoms with van der Waals surface area (Å²) in [4.78, 5) is 21.6. The molecule has 0 saturated heterocycles. The Bertz CT molecular complexity index is 342. The first kappa shape index (κ1) is 14.1. The van der Waals surface area contributed by atoms with Gasteiger partial charge in [-0.15, -0.1) is 0 Å². The van der Waals surface area contributed by atoms with Crippen molar-refractivity contribution in [3.63, 3.8) is 0 Å². The molecule has 1 unspecified atom stereocenters. The van der Waals surface area contributed by atoms with Crippen LogP contribution in [0.2, 0.25) is 0 Å². The zero-order valence-corrected chi connectivity index (χ0v) is 10.3. The summed E-state index contributed by atoms with van der Waals surface area (Å²) in [6.45, 7) is 0. The summed E-state index contributed by atoms with van der Waals surface area (Å²) in [5, 5.41) is 10.6. The number of nitrogens with one attached hydrogen (secondary N) is 1. The van der Waals surface area contributed by atoms with Crippen LogP contribution in [-0.2, 0) is 4.79 Å². The normalized spacial score (nSPS) is 11.0. The van der Waals surface area contributed by atoms with Crippen LogP contribution in [0.4, 0.5) is 0 Å². The third kappa shape index (κ3) is 4.44. The van der Waals surface area contributed by atoms with Crippen LogP contribution in [0.25, 0.3) is 0 Å². The van der Waals surface area contributed by atoms with Crippen LogP contribution < -0.4 is 11.1 Å². The second-order valence-electron chi connectivity index (χ2n) is 2.66. The minimum atomic E-state index is -1.37. The van der Waals surface area contributed by atoms with Gasteiger partial charge in [0.25, 0.3) is 5.91 Å². The molecule has 0 aliphatic heterocycles. The molecular weight excluding hydrogens is 207 g/mol. The van der Waals surface area contributed by atoms with Gasteiger partial charge in [-0.25, -0.2) is 4.79 Å². The minimum absolute atomic E-state index is 0. The molecule has 5 nitrogen and oxygen atoms in total. The monoisotopic (exact) mass is 217 g/mol. The summed E-state index contributed by atoms with van der Waals surface area (Å²) in [6.07, 6.45) is -1.37. The van der Waals surface area contributed by atoms with E-state index in [0.29, 0.717) is 5.56 Å². The number of aliphatic carboxylic acids is 1. The number of hydrogen-bond donors (Lipinski definition) is 3. The van der Waals surface area contributed by atoms with E-state index in [4.69, 9.17) is 10.8 Å². The molecule has 75 valence electrons. The fourth-order valence-corrected chi connectivity index (χ4v) is 0.876. The van der Waals surface area contributed by atoms with Crippen molar-refractivity contribution < 1.29 is 14.7 Å². The second-order valence-corrected chi connectivity index (χ2v) is 2.66. The molecule has 1 radical (unpaired) electrons. The maximum atomic E-state index is 11.3. The van der Waals surface area contributed by atoms with Gasteiger partial charge in [0.2, 0.25) is 0 Å². The van der Waals surface area contributed by atoms with Crippen molar-refractivity contribution >= 4 is 41.4 Å². The van der Waals surface area contributed by atoms with Crippen molar-refractivity contribution in [2.45, 2.75) is 6.17 Å². The van der Waals surface area contributed by atoms with Crippen LogP contribution in [0.5, 0.6) is 0 Å². The van der Waals surface area contributed by atoms with E-state index in [-0.39, 0.29) is 29.6 Å². The molecule has 0 aromatic heterocycles. The molecule has 6 heteroatoms. The smallest absolute Gasteiger partial charge is 0.341 e. The molecule has 0 aliphatic carbocycles. The summed E-state index contributed by atoms with van der Waals surface area (Å²) >= 11 is 0. The van der Waals surface area contributed by atoms with Crippen molar-refractivity contribution in [1.29, 1.82) is 0 Å². The van der Waals surface area contributed by atoms with E-state index >= 15 is 0 Å². The van der Waals surface area contributed by atoms with Gasteiger partial charge in [0, 0.05) is 35.1 Å². The van der Waals surface area contributed by atoms with E-state index in [0.717, 1.165) is 0 Å². The average molecular weight is 217 g/mol. The standard InChI is InChI=1S/C9H10N2O3.Na/c10-7(9(13)14)11-8(12)6-4-2-1-3-5-6;/h1-5,7H,10H2,(H,11,12)(H,13,14);. The van der Waals surface area contributed by atoms with E-state index in [2.05, 4.69) is 5.32 Å². The topological polar surface area (TPSA) is 92.4 Å². The summed E-state index contributed by atoms with van der Waals surface area (Å²) < 4.78 is 0. The maximum Gasteiger partial charge on any atom is 0.341 e. The van der Waals surface area contributed by atoms with Crippen LogP contribution in [0, 0.1) is 0 Å². The zero-order valence-electron chi connectivity index (χ0n) is 8.31. The molecule has 0 bridgehead atoms. The molecule has 1 atom stereocenters. The molecule has 1 rings (SSSR count). The third-order valence-corrected chi connectivity index (χ3v) is 1.59. The number of carboxylic acids is 1. The van der Waals surface area contributed by atoms with E-state index in [1.807, 2.05) is 0 Å². The number of carboxylic acid groups (broad SMARTS) is 1. The van der Waals surface area contributed by atoms with Gasteiger partial charge in [0.1, 0.15) is 0 Å². The van der Waals surface area contributed by atoms with E-state index in [9.17, 15) is 9.59 Å². The Hall–Kier alpha value is -0.880. The van der Waals surface area contributed by atoms with Crippen LogP contribution in [0.1, 0.15) is 10.4 Å². The molecule has 0 spiro atoms. The first-order valence-electron chi connectivity index (χ1n) is 3.95. The SMILES string of the molecule is NC(NC(=O)c1ccccc1)C(=O)O.[Na]. The van der Waals surface area contributed by atoms with Gasteiger partial charge < -0.3 is 16.2 Å². The maximum absolute atomic E-state index is 11.3. The van der Waals surface area contributed by atoms with Crippen LogP contribution in [-0.4, -0.2) is 52.7 Å². The Kier molecular flexibility index (Phi) is 6.19. The van der Waals surface area contributed by atoms with Crippen molar-refractivity contribution in [3.05, 3.63) is 35.9 Å². The molecule has 1 amide bonds. The van der Waals surface area contributed by atoms with Gasteiger partial charge in [-0.3, -0.25) is 4.79 Å². The molecule has 1 aromatic carbocycles. The van der Waals surface area contributed by atoms with Crippen molar-refractivity contribution in [3.8, 4) is 0 Å². The number of benzene rings is 1. The van der Waals surface area contributed by atoms with Gasteiger partial charge in [-0.1, -0.05) is 18.2 Å². The number of amides is 1. The van der Waals surface area contributed by atoms with E-state index < -0.39 is 18.0 Å². The Morgan fingerprint density at radius 2 is 1.80 bits per heavy atom. The summed E-state index contributed by atoms with van der Waals surface area (Å²) in [6, 6.07) is 8.27. The molecule has 0 fully saturated rings. The molecular formula is C9H10N2NaO3. The van der Waals surface area contributed by atoms with Crippen LogP contribution in [0.15, 0.2) is 30.3 Å². The molecule has 15 heavy (non-hydrogen) atoms. The van der Waals surface area contributed by atoms with Crippen LogP contribution >= 0.6 is 0 Å². The van der Waals surface area contributed by atoms with Gasteiger partial charge in [-0.05, 0) is 12.1 Å². The number of carbonyl (C=O) groups excluding carboxylic acids is 1. The average Bonchev–Trinajstić information content (AvgIpc) is 2.19. The predicted molar refractivity (Wildman–Crippen MR) is 55.3 cm³/mol.